The lowest BCUT2D eigenvalue weighted by Gasteiger charge is -2.29. The van der Waals surface area contributed by atoms with Crippen molar-refractivity contribution in [3.63, 3.8) is 0 Å². The minimum Gasteiger partial charge on any atom is -0.390 e. The number of alkyl halides is 2. The van der Waals surface area contributed by atoms with Crippen LogP contribution in [0.3, 0.4) is 0 Å². The third kappa shape index (κ3) is 0.608. The van der Waals surface area contributed by atoms with Gasteiger partial charge in [-0.2, -0.15) is 0 Å². The normalized spacial score (nSPS) is 51.0. The molecule has 0 spiro atoms. The van der Waals surface area contributed by atoms with Crippen molar-refractivity contribution in [1.29, 1.82) is 0 Å². The third-order valence-electron chi connectivity index (χ3n) is 1.18. The van der Waals surface area contributed by atoms with Gasteiger partial charge in [0.2, 0.25) is 0 Å². The standard InChI is InChI=1S/C4H6F2O/c5-2-1-3(7)4(2)6/h2-4,7H,1H2. The van der Waals surface area contributed by atoms with Gasteiger partial charge >= 0.3 is 0 Å². The molecule has 0 bridgehead atoms. The summed E-state index contributed by atoms with van der Waals surface area (Å²) in [5.74, 6) is 0. The molecule has 0 aliphatic heterocycles. The van der Waals surface area contributed by atoms with Gasteiger partial charge in [0.15, 0.2) is 6.17 Å². The Bertz CT molecular complexity index is 68.1. The molecule has 1 nitrogen and oxygen atoms in total. The van der Waals surface area contributed by atoms with E-state index in [0.29, 0.717) is 0 Å². The molecule has 3 atom stereocenters. The van der Waals surface area contributed by atoms with Gasteiger partial charge in [0.25, 0.3) is 0 Å². The van der Waals surface area contributed by atoms with Gasteiger partial charge in [-0.1, -0.05) is 0 Å². The van der Waals surface area contributed by atoms with Crippen LogP contribution in [-0.2, 0) is 0 Å². The van der Waals surface area contributed by atoms with Crippen molar-refractivity contribution < 1.29 is 13.9 Å². The van der Waals surface area contributed by atoms with E-state index < -0.39 is 18.4 Å². The van der Waals surface area contributed by atoms with Gasteiger partial charge < -0.3 is 5.11 Å². The minimum absolute atomic E-state index is 0.0266. The monoisotopic (exact) mass is 108 g/mol. The first-order chi connectivity index (χ1) is 3.22. The second-order valence-corrected chi connectivity index (χ2v) is 1.76. The maximum atomic E-state index is 11.7. The molecule has 0 aromatic heterocycles. The highest BCUT2D eigenvalue weighted by molar-refractivity contribution is 4.89. The van der Waals surface area contributed by atoms with Crippen LogP contribution in [0.5, 0.6) is 0 Å². The highest BCUT2D eigenvalue weighted by Crippen LogP contribution is 2.26. The van der Waals surface area contributed by atoms with Crippen LogP contribution in [0.25, 0.3) is 0 Å². The molecule has 42 valence electrons. The first kappa shape index (κ1) is 4.97. The lowest BCUT2D eigenvalue weighted by Crippen LogP contribution is -2.44. The fourth-order valence-corrected chi connectivity index (χ4v) is 0.536. The quantitative estimate of drug-likeness (QED) is 0.477. The van der Waals surface area contributed by atoms with E-state index >= 15 is 0 Å². The summed E-state index contributed by atoms with van der Waals surface area (Å²) < 4.78 is 23.3. The first-order valence-electron chi connectivity index (χ1n) is 2.18. The highest BCUT2D eigenvalue weighted by Gasteiger charge is 2.40. The zero-order valence-electron chi connectivity index (χ0n) is 3.64. The van der Waals surface area contributed by atoms with Crippen molar-refractivity contribution in [3.8, 4) is 0 Å². The van der Waals surface area contributed by atoms with Crippen LogP contribution < -0.4 is 0 Å². The summed E-state index contributed by atoms with van der Waals surface area (Å²) in [4.78, 5) is 0. The molecular formula is C4H6F2O. The molecule has 1 rings (SSSR count). The minimum atomic E-state index is -1.61. The molecule has 1 N–H and O–H groups in total. The SMILES string of the molecule is OC1CC(F)C1F. The van der Waals surface area contributed by atoms with Crippen molar-refractivity contribution in [1.82, 2.24) is 0 Å². The number of aliphatic hydroxyl groups is 1. The predicted molar refractivity (Wildman–Crippen MR) is 20.4 cm³/mol. The zero-order chi connectivity index (χ0) is 5.44. The summed E-state index contributed by atoms with van der Waals surface area (Å²) in [7, 11) is 0. The lowest BCUT2D eigenvalue weighted by molar-refractivity contribution is -0.0672. The molecule has 3 unspecified atom stereocenters. The van der Waals surface area contributed by atoms with Crippen LogP contribution in [-0.4, -0.2) is 23.6 Å². The van der Waals surface area contributed by atoms with Crippen LogP contribution in [0.2, 0.25) is 0 Å². The molecule has 0 saturated heterocycles. The lowest BCUT2D eigenvalue weighted by atomic mass is 9.91. The van der Waals surface area contributed by atoms with Gasteiger partial charge in [0.1, 0.15) is 6.17 Å². The number of hydrogen-bond donors (Lipinski definition) is 1. The molecule has 1 aliphatic rings. The Hall–Kier alpha value is -0.180. The van der Waals surface area contributed by atoms with Gasteiger partial charge in [-0.25, -0.2) is 8.78 Å². The Labute approximate surface area is 40.0 Å². The fraction of sp³-hybridized carbons (Fsp3) is 1.00. The maximum absolute atomic E-state index is 11.7. The molecule has 0 amide bonds. The smallest absolute Gasteiger partial charge is 0.157 e. The zero-order valence-corrected chi connectivity index (χ0v) is 3.64. The molecule has 1 saturated carbocycles. The number of halogens is 2. The summed E-state index contributed by atoms with van der Waals surface area (Å²) in [6.45, 7) is 0. The van der Waals surface area contributed by atoms with E-state index in [1.54, 1.807) is 0 Å². The van der Waals surface area contributed by atoms with E-state index in [4.69, 9.17) is 5.11 Å². The molecule has 1 fully saturated rings. The summed E-state index contributed by atoms with van der Waals surface area (Å²) >= 11 is 0. The number of rotatable bonds is 0. The predicted octanol–water partition coefficient (Wildman–Crippen LogP) is 0.427. The largest absolute Gasteiger partial charge is 0.390 e. The second-order valence-electron chi connectivity index (χ2n) is 1.76. The first-order valence-corrected chi connectivity index (χ1v) is 2.18. The molecule has 1 aliphatic carbocycles. The molecule has 3 heteroatoms. The van der Waals surface area contributed by atoms with Gasteiger partial charge in [0, 0.05) is 6.42 Å². The van der Waals surface area contributed by atoms with Crippen molar-refractivity contribution in [3.05, 3.63) is 0 Å². The van der Waals surface area contributed by atoms with Crippen molar-refractivity contribution in [2.45, 2.75) is 24.9 Å². The van der Waals surface area contributed by atoms with Gasteiger partial charge in [-0.15, -0.1) is 0 Å². The van der Waals surface area contributed by atoms with Crippen molar-refractivity contribution >= 4 is 0 Å². The Morgan fingerprint density at radius 2 is 2.00 bits per heavy atom. The van der Waals surface area contributed by atoms with E-state index in [1.165, 1.54) is 0 Å². The van der Waals surface area contributed by atoms with Crippen LogP contribution in [0.15, 0.2) is 0 Å². The molecule has 0 radical (unpaired) electrons. The average molecular weight is 108 g/mol. The summed E-state index contributed by atoms with van der Waals surface area (Å²) in [5.41, 5.74) is 0. The summed E-state index contributed by atoms with van der Waals surface area (Å²) in [6, 6.07) is 0. The third-order valence-corrected chi connectivity index (χ3v) is 1.18. The molecule has 7 heavy (non-hydrogen) atoms. The maximum Gasteiger partial charge on any atom is 0.157 e. The number of aliphatic hydroxyl groups excluding tert-OH is 1. The van der Waals surface area contributed by atoms with E-state index in [1.807, 2.05) is 0 Å². The molecule has 0 aromatic rings. The van der Waals surface area contributed by atoms with Crippen LogP contribution in [0, 0.1) is 0 Å². The van der Waals surface area contributed by atoms with Gasteiger partial charge in [0.05, 0.1) is 6.10 Å². The van der Waals surface area contributed by atoms with E-state index in [-0.39, 0.29) is 6.42 Å². The van der Waals surface area contributed by atoms with Crippen molar-refractivity contribution in [2.24, 2.45) is 0 Å². The average Bonchev–Trinajstić information content (AvgIpc) is 1.68. The van der Waals surface area contributed by atoms with Crippen LogP contribution in [0.1, 0.15) is 6.42 Å². The number of hydrogen-bond acceptors (Lipinski definition) is 1. The fourth-order valence-electron chi connectivity index (χ4n) is 0.536. The van der Waals surface area contributed by atoms with Gasteiger partial charge in [-0.3, -0.25) is 0 Å². The highest BCUT2D eigenvalue weighted by atomic mass is 19.2. The second kappa shape index (κ2) is 1.40. The van der Waals surface area contributed by atoms with E-state index in [9.17, 15) is 8.78 Å². The molecule has 0 heterocycles. The van der Waals surface area contributed by atoms with E-state index in [2.05, 4.69) is 0 Å². The summed E-state index contributed by atoms with van der Waals surface area (Å²) in [5, 5.41) is 8.27. The topological polar surface area (TPSA) is 20.2 Å². The van der Waals surface area contributed by atoms with Crippen molar-refractivity contribution in [2.75, 3.05) is 0 Å². The van der Waals surface area contributed by atoms with E-state index in [0.717, 1.165) is 0 Å². The Morgan fingerprint density at radius 3 is 2.00 bits per heavy atom. The molecular weight excluding hydrogens is 102 g/mol. The van der Waals surface area contributed by atoms with Crippen LogP contribution in [0.4, 0.5) is 8.78 Å². The molecule has 0 aromatic carbocycles. The Balaban J connectivity index is 2.29. The Morgan fingerprint density at radius 1 is 1.43 bits per heavy atom. The summed E-state index contributed by atoms with van der Waals surface area (Å²) in [6.07, 6.45) is -4.08. The Kier molecular flexibility index (Phi) is 0.995. The van der Waals surface area contributed by atoms with Crippen LogP contribution >= 0.6 is 0 Å². The van der Waals surface area contributed by atoms with Gasteiger partial charge in [-0.05, 0) is 0 Å².